The van der Waals surface area contributed by atoms with Crippen LogP contribution in [-0.4, -0.2) is 18.2 Å². The molecule has 0 unspecified atom stereocenters. The number of ether oxygens (including phenoxy) is 1. The van der Waals surface area contributed by atoms with Crippen LogP contribution in [0.3, 0.4) is 0 Å². The van der Waals surface area contributed by atoms with Gasteiger partial charge in [0, 0.05) is 25.4 Å². The summed E-state index contributed by atoms with van der Waals surface area (Å²) in [5, 5.41) is 0. The molecule has 120 valence electrons. The van der Waals surface area contributed by atoms with Crippen molar-refractivity contribution in [3.05, 3.63) is 35.9 Å². The first-order valence-electron chi connectivity index (χ1n) is 8.29. The van der Waals surface area contributed by atoms with E-state index in [0.29, 0.717) is 25.4 Å². The van der Waals surface area contributed by atoms with Crippen molar-refractivity contribution in [3.8, 4) is 0 Å². The maximum absolute atomic E-state index is 12.0. The highest BCUT2D eigenvalue weighted by molar-refractivity contribution is 5.86. The molecule has 3 nitrogen and oxygen atoms in total. The molecule has 0 aromatic heterocycles. The number of Topliss-reactive ketones (excluding diaryl/α,β-unsaturated/α-hetero) is 2. The zero-order chi connectivity index (χ0) is 15.8. The number of hydrogen-bond donors (Lipinski definition) is 0. The lowest BCUT2D eigenvalue weighted by atomic mass is 9.79. The summed E-state index contributed by atoms with van der Waals surface area (Å²) in [6.07, 6.45) is 4.86. The predicted molar refractivity (Wildman–Crippen MR) is 86.5 cm³/mol. The zero-order valence-corrected chi connectivity index (χ0v) is 13.4. The van der Waals surface area contributed by atoms with Crippen LogP contribution in [0.4, 0.5) is 0 Å². The molecule has 0 radical (unpaired) electrons. The van der Waals surface area contributed by atoms with Crippen LogP contribution in [0.1, 0.15) is 51.0 Å². The third kappa shape index (κ3) is 5.72. The van der Waals surface area contributed by atoms with E-state index in [0.717, 1.165) is 32.3 Å². The monoisotopic (exact) mass is 302 g/mol. The summed E-state index contributed by atoms with van der Waals surface area (Å²) in [4.78, 5) is 23.0. The van der Waals surface area contributed by atoms with Gasteiger partial charge in [-0.3, -0.25) is 4.79 Å². The SMILES string of the molecule is CC(=O)CCC(=O)C1CCC(COCc2ccccc2)CC1. The summed E-state index contributed by atoms with van der Waals surface area (Å²) in [6, 6.07) is 10.2. The van der Waals surface area contributed by atoms with Crippen LogP contribution in [0.25, 0.3) is 0 Å². The van der Waals surface area contributed by atoms with Crippen molar-refractivity contribution in [2.75, 3.05) is 6.61 Å². The van der Waals surface area contributed by atoms with E-state index < -0.39 is 0 Å². The minimum absolute atomic E-state index is 0.108. The van der Waals surface area contributed by atoms with Crippen LogP contribution in [0.15, 0.2) is 30.3 Å². The standard InChI is InChI=1S/C19H26O3/c1-15(20)7-12-19(21)18-10-8-17(9-11-18)14-22-13-16-5-3-2-4-6-16/h2-6,17-18H,7-14H2,1H3. The molecular weight excluding hydrogens is 276 g/mol. The van der Waals surface area contributed by atoms with Crippen LogP contribution < -0.4 is 0 Å². The number of benzene rings is 1. The third-order valence-electron chi connectivity index (χ3n) is 4.49. The molecule has 1 aliphatic rings. The summed E-state index contributed by atoms with van der Waals surface area (Å²) >= 11 is 0. The largest absolute Gasteiger partial charge is 0.376 e. The molecule has 0 atom stereocenters. The van der Waals surface area contributed by atoms with Gasteiger partial charge in [0.25, 0.3) is 0 Å². The van der Waals surface area contributed by atoms with E-state index >= 15 is 0 Å². The molecule has 1 fully saturated rings. The molecule has 0 bridgehead atoms. The van der Waals surface area contributed by atoms with E-state index in [-0.39, 0.29) is 17.5 Å². The summed E-state index contributed by atoms with van der Waals surface area (Å²) < 4.78 is 5.80. The number of carbonyl (C=O) groups excluding carboxylic acids is 2. The van der Waals surface area contributed by atoms with Crippen LogP contribution in [0.5, 0.6) is 0 Å². The topological polar surface area (TPSA) is 43.4 Å². The van der Waals surface area contributed by atoms with Gasteiger partial charge in [0.05, 0.1) is 6.61 Å². The first-order chi connectivity index (χ1) is 10.6. The Morgan fingerprint density at radius 3 is 2.36 bits per heavy atom. The van der Waals surface area contributed by atoms with Gasteiger partial charge in [0.15, 0.2) is 0 Å². The average Bonchev–Trinajstić information content (AvgIpc) is 2.54. The molecule has 1 aromatic rings. The molecule has 0 heterocycles. The van der Waals surface area contributed by atoms with E-state index in [4.69, 9.17) is 4.74 Å². The van der Waals surface area contributed by atoms with Gasteiger partial charge in [0.2, 0.25) is 0 Å². The van der Waals surface area contributed by atoms with E-state index in [1.54, 1.807) is 6.92 Å². The number of rotatable bonds is 8. The summed E-state index contributed by atoms with van der Waals surface area (Å²) in [7, 11) is 0. The summed E-state index contributed by atoms with van der Waals surface area (Å²) in [5.74, 6) is 1.13. The van der Waals surface area contributed by atoms with Gasteiger partial charge in [-0.25, -0.2) is 0 Å². The third-order valence-corrected chi connectivity index (χ3v) is 4.49. The Morgan fingerprint density at radius 2 is 1.73 bits per heavy atom. The fourth-order valence-electron chi connectivity index (χ4n) is 3.07. The van der Waals surface area contributed by atoms with Gasteiger partial charge in [-0.05, 0) is 44.1 Å². The molecule has 0 saturated heterocycles. The van der Waals surface area contributed by atoms with E-state index in [1.165, 1.54) is 5.56 Å². The van der Waals surface area contributed by atoms with Crippen molar-refractivity contribution in [1.29, 1.82) is 0 Å². The molecule has 0 N–H and O–H groups in total. The van der Waals surface area contributed by atoms with Crippen molar-refractivity contribution < 1.29 is 14.3 Å². The molecule has 1 aromatic carbocycles. The van der Waals surface area contributed by atoms with Crippen molar-refractivity contribution in [3.63, 3.8) is 0 Å². The smallest absolute Gasteiger partial charge is 0.136 e. The van der Waals surface area contributed by atoms with Crippen LogP contribution in [-0.2, 0) is 20.9 Å². The lowest BCUT2D eigenvalue weighted by Gasteiger charge is -2.27. The first-order valence-corrected chi connectivity index (χ1v) is 8.29. The highest BCUT2D eigenvalue weighted by atomic mass is 16.5. The average molecular weight is 302 g/mol. The predicted octanol–water partition coefficient (Wildman–Crippen LogP) is 3.95. The quantitative estimate of drug-likeness (QED) is 0.730. The molecular formula is C19H26O3. The molecule has 0 amide bonds. The molecule has 2 rings (SSSR count). The molecule has 22 heavy (non-hydrogen) atoms. The minimum Gasteiger partial charge on any atom is -0.376 e. The number of carbonyl (C=O) groups is 2. The Morgan fingerprint density at radius 1 is 1.05 bits per heavy atom. The molecule has 1 aliphatic carbocycles. The van der Waals surface area contributed by atoms with Crippen LogP contribution in [0.2, 0.25) is 0 Å². The Hall–Kier alpha value is -1.48. The fourth-order valence-corrected chi connectivity index (χ4v) is 3.07. The van der Waals surface area contributed by atoms with Gasteiger partial charge < -0.3 is 9.53 Å². The van der Waals surface area contributed by atoms with Crippen molar-refractivity contribution >= 4 is 11.6 Å². The van der Waals surface area contributed by atoms with Crippen molar-refractivity contribution in [2.24, 2.45) is 11.8 Å². The van der Waals surface area contributed by atoms with Crippen LogP contribution >= 0.6 is 0 Å². The zero-order valence-electron chi connectivity index (χ0n) is 13.4. The molecule has 3 heteroatoms. The van der Waals surface area contributed by atoms with Gasteiger partial charge in [-0.2, -0.15) is 0 Å². The van der Waals surface area contributed by atoms with E-state index in [1.807, 2.05) is 18.2 Å². The summed E-state index contributed by atoms with van der Waals surface area (Å²) in [5.41, 5.74) is 1.20. The Bertz CT molecular complexity index is 473. The van der Waals surface area contributed by atoms with Gasteiger partial charge in [-0.1, -0.05) is 30.3 Å². The first kappa shape index (κ1) is 16.9. The Kier molecular flexibility index (Phi) is 6.78. The van der Waals surface area contributed by atoms with Crippen molar-refractivity contribution in [2.45, 2.75) is 52.1 Å². The van der Waals surface area contributed by atoms with Gasteiger partial charge in [-0.15, -0.1) is 0 Å². The van der Waals surface area contributed by atoms with Crippen LogP contribution in [0, 0.1) is 11.8 Å². The lowest BCUT2D eigenvalue weighted by Crippen LogP contribution is -2.24. The molecule has 0 aliphatic heterocycles. The van der Waals surface area contributed by atoms with Crippen molar-refractivity contribution in [1.82, 2.24) is 0 Å². The normalized spacial score (nSPS) is 21.5. The highest BCUT2D eigenvalue weighted by Crippen LogP contribution is 2.30. The highest BCUT2D eigenvalue weighted by Gasteiger charge is 2.26. The van der Waals surface area contributed by atoms with E-state index in [9.17, 15) is 9.59 Å². The molecule has 1 saturated carbocycles. The fraction of sp³-hybridized carbons (Fsp3) is 0.579. The van der Waals surface area contributed by atoms with Gasteiger partial charge in [0.1, 0.15) is 11.6 Å². The summed E-state index contributed by atoms with van der Waals surface area (Å²) in [6.45, 7) is 3.00. The second-order valence-electron chi connectivity index (χ2n) is 6.39. The van der Waals surface area contributed by atoms with E-state index in [2.05, 4.69) is 12.1 Å². The number of ketones is 2. The number of hydrogen-bond acceptors (Lipinski definition) is 3. The maximum atomic E-state index is 12.0. The molecule has 0 spiro atoms. The lowest BCUT2D eigenvalue weighted by molar-refractivity contribution is -0.127. The minimum atomic E-state index is 0.108. The Labute approximate surface area is 133 Å². The maximum Gasteiger partial charge on any atom is 0.136 e. The second-order valence-corrected chi connectivity index (χ2v) is 6.39. The second kappa shape index (κ2) is 8.84. The van der Waals surface area contributed by atoms with Gasteiger partial charge >= 0.3 is 0 Å². The Balaban J connectivity index is 1.62.